The van der Waals surface area contributed by atoms with E-state index in [0.717, 1.165) is 38.5 Å². The largest absolute Gasteiger partial charge is 3.00 e. The average Bonchev–Trinajstić information content (AvgIpc) is 2.51. The fourth-order valence-electron chi connectivity index (χ4n) is 2.12. The van der Waals surface area contributed by atoms with Gasteiger partial charge < -0.3 is 9.79 Å². The molecule has 0 aromatic rings. The molecule has 0 N–H and O–H groups in total. The molecule has 10 heteroatoms. The van der Waals surface area contributed by atoms with E-state index in [9.17, 15) is 18.9 Å². The van der Waals surface area contributed by atoms with Crippen molar-refractivity contribution >= 4 is 16.5 Å². The first-order valence-corrected chi connectivity index (χ1v) is 11.1. The summed E-state index contributed by atoms with van der Waals surface area (Å²) >= 11 is 0. The molecule has 0 saturated heterocycles. The normalized spacial score (nSPS) is 13.3. The second-order valence-corrected chi connectivity index (χ2v) is 7.29. The van der Waals surface area contributed by atoms with Gasteiger partial charge in [-0.15, -0.1) is 9.05 Å². The maximum absolute atomic E-state index is 10.1. The van der Waals surface area contributed by atoms with E-state index in [2.05, 4.69) is 29.8 Å². The van der Waals surface area contributed by atoms with Gasteiger partial charge in [-0.3, -0.25) is 0 Å². The van der Waals surface area contributed by atoms with Crippen molar-refractivity contribution in [2.75, 3.05) is 6.61 Å². The van der Waals surface area contributed by atoms with Gasteiger partial charge in [-0.1, -0.05) is 65.7 Å². The molecule has 0 bridgehead atoms. The van der Waals surface area contributed by atoms with Crippen LogP contribution in [0.4, 0.5) is 0 Å². The maximum Gasteiger partial charge on any atom is 3.00 e. The van der Waals surface area contributed by atoms with E-state index >= 15 is 0 Å². The Kier molecular flexibility index (Phi) is 38.6. The zero-order chi connectivity index (χ0) is 18.8. The van der Waals surface area contributed by atoms with Gasteiger partial charge in [0.1, 0.15) is 12.7 Å². The van der Waals surface area contributed by atoms with E-state index in [1.54, 1.807) is 6.92 Å². The molecule has 26 heavy (non-hydrogen) atoms. The minimum absolute atomic E-state index is 0. The second kappa shape index (κ2) is 27.7. The molecule has 0 saturated carbocycles. The molecular formula is C16H34Nd2O6P2+6. The Morgan fingerprint density at radius 1 is 0.846 bits per heavy atom. The van der Waals surface area contributed by atoms with Crippen LogP contribution < -0.4 is 9.79 Å². The molecular weight excluding hydrogens is 639 g/mol. The summed E-state index contributed by atoms with van der Waals surface area (Å²) in [6, 6.07) is 0. The molecule has 146 valence electrons. The second-order valence-electron chi connectivity index (χ2n) is 5.92. The fraction of sp³-hybridized carbons (Fsp3) is 1.00. The number of hydrogen-bond donors (Lipinski definition) is 0. The standard InChI is InChI=1S/2C8H17O3P.2Nd/c1-3-4-5-6-7-8(2)11-12(9)10;1-3-5-6-8(4-2)7-11-12(9)10;;/h2*8H,3-7H2,1-2H3;;/q;;2*+3. The summed E-state index contributed by atoms with van der Waals surface area (Å²) in [5, 5.41) is 0. The molecule has 6 nitrogen and oxygen atoms in total. The van der Waals surface area contributed by atoms with E-state index in [1.807, 2.05) is 0 Å². The summed E-state index contributed by atoms with van der Waals surface area (Å²) in [6.07, 6.45) is 9.68. The minimum atomic E-state index is -2.66. The summed E-state index contributed by atoms with van der Waals surface area (Å²) in [6.45, 7) is 8.48. The summed E-state index contributed by atoms with van der Waals surface area (Å²) in [4.78, 5) is 20.2. The van der Waals surface area contributed by atoms with Gasteiger partial charge in [-0.05, 0) is 34.8 Å². The van der Waals surface area contributed by atoms with Crippen molar-refractivity contribution in [1.82, 2.24) is 0 Å². The van der Waals surface area contributed by atoms with Crippen LogP contribution in [0.25, 0.3) is 0 Å². The van der Waals surface area contributed by atoms with Crippen LogP contribution in [0, 0.1) is 87.6 Å². The van der Waals surface area contributed by atoms with Crippen molar-refractivity contribution in [2.24, 2.45) is 5.92 Å². The first kappa shape index (κ1) is 36.1. The quantitative estimate of drug-likeness (QED) is 0.198. The van der Waals surface area contributed by atoms with E-state index in [1.165, 1.54) is 19.3 Å². The van der Waals surface area contributed by atoms with E-state index in [0.29, 0.717) is 12.5 Å². The van der Waals surface area contributed by atoms with Crippen molar-refractivity contribution in [1.29, 1.82) is 0 Å². The van der Waals surface area contributed by atoms with Gasteiger partial charge in [0.25, 0.3) is 0 Å². The first-order chi connectivity index (χ1) is 11.4. The van der Waals surface area contributed by atoms with E-state index < -0.39 is 16.5 Å². The monoisotopic (exact) mass is 668 g/mol. The van der Waals surface area contributed by atoms with Crippen molar-refractivity contribution in [2.45, 2.75) is 91.6 Å². The summed E-state index contributed by atoms with van der Waals surface area (Å²) in [5.41, 5.74) is 0. The predicted molar refractivity (Wildman–Crippen MR) is 93.8 cm³/mol. The molecule has 0 fully saturated rings. The van der Waals surface area contributed by atoms with Gasteiger partial charge in [0, 0.05) is 0 Å². The fourth-order valence-corrected chi connectivity index (χ4v) is 2.85. The molecule has 4 unspecified atom stereocenters. The Hall–Kier alpha value is 2.74. The Bertz CT molecular complexity index is 325. The zero-order valence-electron chi connectivity index (χ0n) is 16.6. The molecule has 0 heterocycles. The van der Waals surface area contributed by atoms with Crippen LogP contribution in [0.3, 0.4) is 0 Å². The van der Waals surface area contributed by atoms with Crippen LogP contribution in [-0.4, -0.2) is 12.7 Å². The minimum Gasteiger partial charge on any atom is -0.566 e. The van der Waals surface area contributed by atoms with Gasteiger partial charge in [-0.25, -0.2) is 0 Å². The molecule has 0 aliphatic carbocycles. The average molecular weight is 673 g/mol. The summed E-state index contributed by atoms with van der Waals surface area (Å²) in [5.74, 6) is 0.401. The van der Waals surface area contributed by atoms with Gasteiger partial charge in [0.15, 0.2) is 0 Å². The SMILES string of the molecule is CCCCC(CC)CO[P+](=O)[O-].CCCCCCC(C)O[P+](=O)[O-].[Nd+3].[Nd+3]. The molecule has 4 atom stereocenters. The van der Waals surface area contributed by atoms with Gasteiger partial charge >= 0.3 is 98.2 Å². The molecule has 2 radical (unpaired) electrons. The van der Waals surface area contributed by atoms with Gasteiger partial charge in [0.05, 0.1) is 0 Å². The van der Waals surface area contributed by atoms with Crippen LogP contribution in [-0.2, 0) is 18.2 Å². The Morgan fingerprint density at radius 2 is 1.42 bits per heavy atom. The smallest absolute Gasteiger partial charge is 0.566 e. The third kappa shape index (κ3) is 31.4. The van der Waals surface area contributed by atoms with Crippen molar-refractivity contribution in [3.8, 4) is 0 Å². The van der Waals surface area contributed by atoms with Crippen LogP contribution in [0.1, 0.15) is 85.5 Å². The summed E-state index contributed by atoms with van der Waals surface area (Å²) in [7, 11) is -5.32. The van der Waals surface area contributed by atoms with Gasteiger partial charge in [0.2, 0.25) is 0 Å². The van der Waals surface area contributed by atoms with Gasteiger partial charge in [-0.2, -0.15) is 0 Å². The Labute approximate surface area is 227 Å². The third-order valence-corrected chi connectivity index (χ3v) is 4.58. The van der Waals surface area contributed by atoms with E-state index in [-0.39, 0.29) is 87.8 Å². The molecule has 0 aromatic carbocycles. The van der Waals surface area contributed by atoms with Crippen molar-refractivity contribution < 1.29 is 110 Å². The van der Waals surface area contributed by atoms with Crippen LogP contribution in [0.5, 0.6) is 0 Å². The van der Waals surface area contributed by atoms with E-state index in [4.69, 9.17) is 0 Å². The van der Waals surface area contributed by atoms with Crippen LogP contribution in [0.15, 0.2) is 0 Å². The molecule has 0 spiro atoms. The molecule has 0 aliphatic rings. The van der Waals surface area contributed by atoms with Crippen molar-refractivity contribution in [3.05, 3.63) is 0 Å². The van der Waals surface area contributed by atoms with Crippen molar-refractivity contribution in [3.63, 3.8) is 0 Å². The summed E-state index contributed by atoms with van der Waals surface area (Å²) < 4.78 is 29.4. The van der Waals surface area contributed by atoms with Crippen LogP contribution in [0.2, 0.25) is 0 Å². The number of rotatable bonds is 14. The Morgan fingerprint density at radius 3 is 1.85 bits per heavy atom. The maximum atomic E-state index is 10.1. The predicted octanol–water partition coefficient (Wildman–Crippen LogP) is 4.62. The Balaban J connectivity index is -0.000000173. The molecule has 0 amide bonds. The molecule has 0 aromatic heterocycles. The molecule has 0 aliphatic heterocycles. The number of hydrogen-bond acceptors (Lipinski definition) is 6. The first-order valence-electron chi connectivity index (χ1n) is 8.95. The third-order valence-electron chi connectivity index (χ3n) is 3.69. The topological polar surface area (TPSA) is 98.7 Å². The zero-order valence-corrected chi connectivity index (χ0v) is 24.8. The van der Waals surface area contributed by atoms with Crippen LogP contribution >= 0.6 is 16.5 Å². The molecule has 0 rings (SSSR count). The number of unbranched alkanes of at least 4 members (excludes halogenated alkanes) is 4.